The van der Waals surface area contributed by atoms with Gasteiger partial charge in [-0.15, -0.1) is 0 Å². The van der Waals surface area contributed by atoms with Crippen LogP contribution in [0.25, 0.3) is 21.8 Å². The highest BCUT2D eigenvalue weighted by atomic mass is 16.2. The second-order valence-corrected chi connectivity index (χ2v) is 5.94. The number of carbonyl (C=O) groups excluding carboxylic acids is 1. The number of aromatic nitrogens is 3. The number of aryl methyl sites for hydroxylation is 1. The number of anilines is 1. The van der Waals surface area contributed by atoms with Crippen LogP contribution in [0.1, 0.15) is 10.4 Å². The summed E-state index contributed by atoms with van der Waals surface area (Å²) in [5, 5.41) is 3.80. The smallest absolute Gasteiger partial charge is 0.260 e. The molecule has 2 heterocycles. The van der Waals surface area contributed by atoms with E-state index in [0.29, 0.717) is 27.5 Å². The van der Waals surface area contributed by atoms with Gasteiger partial charge in [-0.2, -0.15) is 0 Å². The molecule has 2 N–H and O–H groups in total. The maximum Gasteiger partial charge on any atom is 0.260 e. The Morgan fingerprint density at radius 3 is 2.73 bits per heavy atom. The van der Waals surface area contributed by atoms with Crippen LogP contribution in [0.2, 0.25) is 0 Å². The molecule has 26 heavy (non-hydrogen) atoms. The lowest BCUT2D eigenvalue weighted by Gasteiger charge is -2.09. The molecule has 4 aromatic rings. The lowest BCUT2D eigenvalue weighted by Crippen LogP contribution is -2.18. The molecule has 7 nitrogen and oxygen atoms in total. The fourth-order valence-electron chi connectivity index (χ4n) is 2.88. The minimum atomic E-state index is -0.424. The zero-order valence-electron chi connectivity index (χ0n) is 13.8. The van der Waals surface area contributed by atoms with Gasteiger partial charge in [-0.1, -0.05) is 18.2 Å². The molecule has 7 heteroatoms. The van der Waals surface area contributed by atoms with Crippen molar-refractivity contribution in [2.24, 2.45) is 7.05 Å². The summed E-state index contributed by atoms with van der Waals surface area (Å²) in [6.45, 7) is 0. The first-order valence-corrected chi connectivity index (χ1v) is 7.92. The molecular weight excluding hydrogens is 332 g/mol. The molecule has 4 rings (SSSR count). The molecule has 0 aliphatic heterocycles. The molecule has 0 fully saturated rings. The number of hydrogen-bond acceptors (Lipinski definition) is 4. The first-order valence-electron chi connectivity index (χ1n) is 7.92. The number of nitrogens with one attached hydrogen (secondary N) is 2. The minimum absolute atomic E-state index is 0.201. The van der Waals surface area contributed by atoms with Crippen LogP contribution >= 0.6 is 0 Å². The molecule has 2 aromatic heterocycles. The Morgan fingerprint density at radius 2 is 1.88 bits per heavy atom. The van der Waals surface area contributed by atoms with Crippen molar-refractivity contribution in [1.82, 2.24) is 14.5 Å². The highest BCUT2D eigenvalue weighted by Gasteiger charge is 2.13. The van der Waals surface area contributed by atoms with Gasteiger partial charge < -0.3 is 14.9 Å². The number of benzene rings is 2. The van der Waals surface area contributed by atoms with E-state index >= 15 is 0 Å². The lowest BCUT2D eigenvalue weighted by atomic mass is 10.1. The van der Waals surface area contributed by atoms with E-state index < -0.39 is 5.91 Å². The van der Waals surface area contributed by atoms with Gasteiger partial charge in [0.2, 0.25) is 5.56 Å². The average molecular weight is 346 g/mol. The van der Waals surface area contributed by atoms with Gasteiger partial charge in [0.15, 0.2) is 0 Å². The summed E-state index contributed by atoms with van der Waals surface area (Å²) >= 11 is 0. The molecule has 2 aromatic carbocycles. The highest BCUT2D eigenvalue weighted by molar-refractivity contribution is 6.12. The monoisotopic (exact) mass is 346 g/mol. The number of para-hydroxylation sites is 1. The molecule has 0 bridgehead atoms. The van der Waals surface area contributed by atoms with Crippen LogP contribution in [0.3, 0.4) is 0 Å². The van der Waals surface area contributed by atoms with Crippen LogP contribution in [0.4, 0.5) is 5.69 Å². The topological polar surface area (TPSA) is 96.8 Å². The van der Waals surface area contributed by atoms with E-state index in [1.807, 2.05) is 0 Å². The zero-order chi connectivity index (χ0) is 18.3. The van der Waals surface area contributed by atoms with Crippen molar-refractivity contribution in [2.45, 2.75) is 0 Å². The van der Waals surface area contributed by atoms with Crippen molar-refractivity contribution >= 4 is 33.4 Å². The number of hydrogen-bond donors (Lipinski definition) is 2. The van der Waals surface area contributed by atoms with Crippen LogP contribution < -0.4 is 16.4 Å². The Kier molecular flexibility index (Phi) is 3.62. The quantitative estimate of drug-likeness (QED) is 0.580. The Morgan fingerprint density at radius 1 is 1.08 bits per heavy atom. The Labute approximate surface area is 146 Å². The standard InChI is InChI=1S/C19H14N4O3/c1-23-10-20-15-7-6-11(8-14(15)19(23)26)21-18(25)13-9-17(24)22-16-5-3-2-4-12(13)16/h2-10H,1H3,(H,21,25)(H,22,24). The highest BCUT2D eigenvalue weighted by Crippen LogP contribution is 2.18. The fraction of sp³-hybridized carbons (Fsp3) is 0.0526. The number of nitrogens with zero attached hydrogens (tertiary/aromatic N) is 2. The average Bonchev–Trinajstić information content (AvgIpc) is 2.64. The van der Waals surface area contributed by atoms with Crippen molar-refractivity contribution < 1.29 is 4.79 Å². The maximum atomic E-state index is 12.7. The predicted molar refractivity (Wildman–Crippen MR) is 99.5 cm³/mol. The van der Waals surface area contributed by atoms with Crippen LogP contribution in [-0.2, 0) is 7.05 Å². The van der Waals surface area contributed by atoms with E-state index in [1.165, 1.54) is 17.0 Å². The predicted octanol–water partition coefficient (Wildman–Crippen LogP) is 2.03. The largest absolute Gasteiger partial charge is 0.322 e. The number of H-pyrrole nitrogens is 1. The zero-order valence-corrected chi connectivity index (χ0v) is 13.8. The molecule has 128 valence electrons. The molecule has 0 atom stereocenters. The van der Waals surface area contributed by atoms with E-state index in [4.69, 9.17) is 0 Å². The molecule has 0 aliphatic carbocycles. The summed E-state index contributed by atoms with van der Waals surface area (Å²) in [5.41, 5.74) is 1.30. The van der Waals surface area contributed by atoms with E-state index in [-0.39, 0.29) is 16.7 Å². The molecule has 1 amide bonds. The Bertz CT molecular complexity index is 1290. The van der Waals surface area contributed by atoms with E-state index in [9.17, 15) is 14.4 Å². The number of rotatable bonds is 2. The van der Waals surface area contributed by atoms with Gasteiger partial charge in [0, 0.05) is 29.7 Å². The Hall–Kier alpha value is -3.74. The van der Waals surface area contributed by atoms with E-state index in [0.717, 1.165) is 0 Å². The van der Waals surface area contributed by atoms with Gasteiger partial charge in [-0.05, 0) is 24.3 Å². The summed E-state index contributed by atoms with van der Waals surface area (Å²) in [6.07, 6.45) is 1.45. The van der Waals surface area contributed by atoms with Gasteiger partial charge in [-0.3, -0.25) is 14.4 Å². The summed E-state index contributed by atoms with van der Waals surface area (Å²) in [6, 6.07) is 13.3. The normalized spacial score (nSPS) is 11.0. The van der Waals surface area contributed by atoms with Gasteiger partial charge in [0.05, 0.1) is 22.8 Å². The molecular formula is C19H14N4O3. The molecule has 0 unspecified atom stereocenters. The third-order valence-electron chi connectivity index (χ3n) is 4.17. The molecule has 0 saturated heterocycles. The van der Waals surface area contributed by atoms with Crippen molar-refractivity contribution in [3.63, 3.8) is 0 Å². The van der Waals surface area contributed by atoms with Gasteiger partial charge in [-0.25, -0.2) is 4.98 Å². The second-order valence-electron chi connectivity index (χ2n) is 5.94. The third-order valence-corrected chi connectivity index (χ3v) is 4.17. The summed E-state index contributed by atoms with van der Waals surface area (Å²) in [7, 11) is 1.61. The van der Waals surface area contributed by atoms with Gasteiger partial charge in [0.25, 0.3) is 11.5 Å². The number of carbonyl (C=O) groups is 1. The van der Waals surface area contributed by atoms with E-state index in [2.05, 4.69) is 15.3 Å². The fourth-order valence-corrected chi connectivity index (χ4v) is 2.88. The lowest BCUT2D eigenvalue weighted by molar-refractivity contribution is 0.102. The number of fused-ring (bicyclic) bond motifs is 2. The van der Waals surface area contributed by atoms with Crippen molar-refractivity contribution in [1.29, 1.82) is 0 Å². The minimum Gasteiger partial charge on any atom is -0.322 e. The second kappa shape index (κ2) is 5.96. The van der Waals surface area contributed by atoms with Crippen LogP contribution in [-0.4, -0.2) is 20.4 Å². The molecule has 0 saturated carbocycles. The van der Waals surface area contributed by atoms with Gasteiger partial charge in [0.1, 0.15) is 0 Å². The third kappa shape index (κ3) is 2.65. The first kappa shape index (κ1) is 15.8. The SMILES string of the molecule is Cn1cnc2ccc(NC(=O)c3cc(=O)[nH]c4ccccc34)cc2c1=O. The van der Waals surface area contributed by atoms with Crippen molar-refractivity contribution in [3.05, 3.63) is 81.1 Å². The molecule has 0 aliphatic rings. The van der Waals surface area contributed by atoms with E-state index in [1.54, 1.807) is 49.5 Å². The van der Waals surface area contributed by atoms with Crippen molar-refractivity contribution in [2.75, 3.05) is 5.32 Å². The van der Waals surface area contributed by atoms with Crippen LogP contribution in [0.15, 0.2) is 64.4 Å². The van der Waals surface area contributed by atoms with Crippen molar-refractivity contribution in [3.8, 4) is 0 Å². The molecule has 0 radical (unpaired) electrons. The first-order chi connectivity index (χ1) is 12.5. The maximum absolute atomic E-state index is 12.7. The van der Waals surface area contributed by atoms with Gasteiger partial charge >= 0.3 is 0 Å². The number of amides is 1. The van der Waals surface area contributed by atoms with Crippen LogP contribution in [0.5, 0.6) is 0 Å². The Balaban J connectivity index is 1.78. The summed E-state index contributed by atoms with van der Waals surface area (Å²) in [4.78, 5) is 43.6. The summed E-state index contributed by atoms with van der Waals surface area (Å²) in [5.74, 6) is -0.424. The summed E-state index contributed by atoms with van der Waals surface area (Å²) < 4.78 is 1.37. The van der Waals surface area contributed by atoms with Crippen LogP contribution in [0, 0.1) is 0 Å². The number of pyridine rings is 1. The number of aromatic amines is 1. The molecule has 0 spiro atoms.